The van der Waals surface area contributed by atoms with Crippen LogP contribution < -0.4 is 0 Å². The molecule has 4 heteroatoms. The van der Waals surface area contributed by atoms with Crippen LogP contribution in [0.3, 0.4) is 0 Å². The number of aryl methyl sites for hydroxylation is 2. The van der Waals surface area contributed by atoms with E-state index < -0.39 is 0 Å². The van der Waals surface area contributed by atoms with E-state index in [9.17, 15) is 4.79 Å². The fourth-order valence-electron chi connectivity index (χ4n) is 2.96. The van der Waals surface area contributed by atoms with E-state index in [0.717, 1.165) is 40.6 Å². The lowest BCUT2D eigenvalue weighted by molar-refractivity contribution is 0.102. The van der Waals surface area contributed by atoms with Crippen molar-refractivity contribution in [2.24, 2.45) is 4.99 Å². The monoisotopic (exact) mass is 352 g/mol. The molecule has 1 heterocycles. The highest BCUT2D eigenvalue weighted by Gasteiger charge is 2.19. The number of ketones is 1. The second-order valence-electron chi connectivity index (χ2n) is 6.45. The summed E-state index contributed by atoms with van der Waals surface area (Å²) in [4.78, 5) is 19.8. The first-order valence-electron chi connectivity index (χ1n) is 8.75. The molecule has 0 spiro atoms. The molecule has 0 aliphatic carbocycles. The summed E-state index contributed by atoms with van der Waals surface area (Å²) < 4.78 is 0. The van der Waals surface area contributed by atoms with Crippen molar-refractivity contribution in [2.75, 3.05) is 18.8 Å². The van der Waals surface area contributed by atoms with Gasteiger partial charge >= 0.3 is 0 Å². The summed E-state index contributed by atoms with van der Waals surface area (Å²) >= 11 is 1.56. The maximum Gasteiger partial charge on any atom is 0.173 e. The minimum absolute atomic E-state index is 0.172. The van der Waals surface area contributed by atoms with Gasteiger partial charge in [-0.05, 0) is 50.5 Å². The summed E-state index contributed by atoms with van der Waals surface area (Å²) in [6.07, 6.45) is 2.39. The maximum atomic E-state index is 12.7. The number of carbonyl (C=O) groups is 1. The van der Waals surface area contributed by atoms with Crippen molar-refractivity contribution in [2.45, 2.75) is 26.7 Å². The third-order valence-corrected chi connectivity index (χ3v) is 5.40. The minimum atomic E-state index is 0.172. The van der Waals surface area contributed by atoms with Gasteiger partial charge in [-0.15, -0.1) is 0 Å². The highest BCUT2D eigenvalue weighted by molar-refractivity contribution is 8.14. The third-order valence-electron chi connectivity index (χ3n) is 4.38. The second kappa shape index (κ2) is 8.34. The molecule has 1 fully saturated rings. The Kier molecular flexibility index (Phi) is 5.92. The van der Waals surface area contributed by atoms with Crippen molar-refractivity contribution in [1.82, 2.24) is 4.90 Å². The van der Waals surface area contributed by atoms with Crippen molar-refractivity contribution >= 4 is 28.4 Å². The molecule has 3 rings (SSSR count). The Bertz CT molecular complexity index is 765. The molecule has 130 valence electrons. The van der Waals surface area contributed by atoms with Gasteiger partial charge in [0, 0.05) is 18.7 Å². The highest BCUT2D eigenvalue weighted by Crippen LogP contribution is 2.22. The van der Waals surface area contributed by atoms with Crippen LogP contribution in [-0.4, -0.2) is 34.7 Å². The minimum Gasteiger partial charge on any atom is -0.351 e. The Morgan fingerprint density at radius 2 is 1.80 bits per heavy atom. The molecule has 0 atom stereocenters. The molecule has 0 amide bonds. The van der Waals surface area contributed by atoms with E-state index in [0.29, 0.717) is 5.75 Å². The summed E-state index contributed by atoms with van der Waals surface area (Å²) in [7, 11) is 0. The van der Waals surface area contributed by atoms with E-state index >= 15 is 0 Å². The van der Waals surface area contributed by atoms with Crippen LogP contribution in [0.4, 0.5) is 5.69 Å². The number of para-hydroxylation sites is 1. The highest BCUT2D eigenvalue weighted by atomic mass is 32.2. The average Bonchev–Trinajstić information content (AvgIpc) is 3.16. The predicted molar refractivity (Wildman–Crippen MR) is 107 cm³/mol. The molecule has 0 bridgehead atoms. The molecule has 0 radical (unpaired) electrons. The topological polar surface area (TPSA) is 32.7 Å². The van der Waals surface area contributed by atoms with Gasteiger partial charge in [0.1, 0.15) is 0 Å². The summed E-state index contributed by atoms with van der Waals surface area (Å²) in [5.41, 5.74) is 3.93. The Morgan fingerprint density at radius 3 is 2.52 bits per heavy atom. The Hall–Kier alpha value is -2.07. The van der Waals surface area contributed by atoms with E-state index in [-0.39, 0.29) is 5.78 Å². The van der Waals surface area contributed by atoms with Crippen LogP contribution in [0.5, 0.6) is 0 Å². The van der Waals surface area contributed by atoms with Crippen molar-refractivity contribution in [1.29, 1.82) is 0 Å². The zero-order chi connectivity index (χ0) is 17.6. The van der Waals surface area contributed by atoms with E-state index in [1.54, 1.807) is 11.8 Å². The van der Waals surface area contributed by atoms with Gasteiger partial charge in [-0.3, -0.25) is 4.79 Å². The molecular formula is C21H24N2OS. The number of hydrogen-bond acceptors (Lipinski definition) is 3. The van der Waals surface area contributed by atoms with Crippen LogP contribution >= 0.6 is 11.8 Å². The summed E-state index contributed by atoms with van der Waals surface area (Å²) in [5, 5.41) is 0.961. The maximum absolute atomic E-state index is 12.7. The standard InChI is InChI=1S/C21H24N2OS/c1-16-10-11-17(2)19(14-16)20(24)15-25-21(23-12-6-7-13-23)22-18-8-4-3-5-9-18/h3-5,8-11,14H,6-7,12-13,15H2,1-2H3. The van der Waals surface area contributed by atoms with Crippen LogP contribution in [0.2, 0.25) is 0 Å². The van der Waals surface area contributed by atoms with Crippen LogP contribution in [0.15, 0.2) is 53.5 Å². The van der Waals surface area contributed by atoms with Gasteiger partial charge in [0.2, 0.25) is 0 Å². The molecule has 1 aliphatic heterocycles. The summed E-state index contributed by atoms with van der Waals surface area (Å²) in [6.45, 7) is 6.07. The number of amidine groups is 1. The molecule has 0 N–H and O–H groups in total. The van der Waals surface area contributed by atoms with Gasteiger partial charge in [0.25, 0.3) is 0 Å². The molecule has 1 aliphatic rings. The van der Waals surface area contributed by atoms with E-state index in [2.05, 4.69) is 4.90 Å². The van der Waals surface area contributed by atoms with Crippen molar-refractivity contribution in [3.8, 4) is 0 Å². The number of benzene rings is 2. The number of thioether (sulfide) groups is 1. The number of likely N-dealkylation sites (tertiary alicyclic amines) is 1. The van der Waals surface area contributed by atoms with Gasteiger partial charge in [-0.1, -0.05) is 47.7 Å². The number of Topliss-reactive ketones (excluding diaryl/α,β-unsaturated/α-hetero) is 1. The lowest BCUT2D eigenvalue weighted by Gasteiger charge is -2.19. The zero-order valence-corrected chi connectivity index (χ0v) is 15.7. The Labute approximate surface area is 154 Å². The van der Waals surface area contributed by atoms with Gasteiger partial charge in [0.05, 0.1) is 11.4 Å². The Morgan fingerprint density at radius 1 is 1.08 bits per heavy atom. The third kappa shape index (κ3) is 4.73. The molecule has 1 saturated heterocycles. The Balaban J connectivity index is 1.75. The lowest BCUT2D eigenvalue weighted by atomic mass is 10.0. The average molecular weight is 353 g/mol. The number of rotatable bonds is 4. The summed E-state index contributed by atoms with van der Waals surface area (Å²) in [6, 6.07) is 16.0. The first kappa shape index (κ1) is 17.7. The van der Waals surface area contributed by atoms with Crippen LogP contribution in [-0.2, 0) is 0 Å². The van der Waals surface area contributed by atoms with Crippen LogP contribution in [0.1, 0.15) is 34.3 Å². The molecule has 0 saturated carbocycles. The largest absolute Gasteiger partial charge is 0.351 e. The molecule has 25 heavy (non-hydrogen) atoms. The molecule has 0 unspecified atom stereocenters. The van der Waals surface area contributed by atoms with E-state index in [1.807, 2.05) is 62.4 Å². The number of hydrogen-bond donors (Lipinski definition) is 0. The lowest BCUT2D eigenvalue weighted by Crippen LogP contribution is -2.26. The molecule has 2 aromatic rings. The van der Waals surface area contributed by atoms with E-state index in [4.69, 9.17) is 4.99 Å². The SMILES string of the molecule is Cc1ccc(C)c(C(=O)CSC(=Nc2ccccc2)N2CCCC2)c1. The molecule has 3 nitrogen and oxygen atoms in total. The van der Waals surface area contributed by atoms with Gasteiger partial charge in [-0.2, -0.15) is 0 Å². The smallest absolute Gasteiger partial charge is 0.173 e. The molecule has 0 aromatic heterocycles. The molecular weight excluding hydrogens is 328 g/mol. The van der Waals surface area contributed by atoms with Crippen molar-refractivity contribution in [3.63, 3.8) is 0 Å². The van der Waals surface area contributed by atoms with E-state index in [1.165, 1.54) is 12.8 Å². The quantitative estimate of drug-likeness (QED) is 0.441. The van der Waals surface area contributed by atoms with Crippen LogP contribution in [0.25, 0.3) is 0 Å². The van der Waals surface area contributed by atoms with Crippen molar-refractivity contribution < 1.29 is 4.79 Å². The predicted octanol–water partition coefficient (Wildman–Crippen LogP) is 5.00. The molecule has 2 aromatic carbocycles. The zero-order valence-electron chi connectivity index (χ0n) is 14.9. The number of nitrogens with zero attached hydrogens (tertiary/aromatic N) is 2. The van der Waals surface area contributed by atoms with Gasteiger partial charge in [0.15, 0.2) is 11.0 Å². The fourth-order valence-corrected chi connectivity index (χ4v) is 3.91. The van der Waals surface area contributed by atoms with Gasteiger partial charge < -0.3 is 4.90 Å². The van der Waals surface area contributed by atoms with Gasteiger partial charge in [-0.25, -0.2) is 4.99 Å². The fraction of sp³-hybridized carbons (Fsp3) is 0.333. The second-order valence-corrected chi connectivity index (χ2v) is 7.40. The summed E-state index contributed by atoms with van der Waals surface area (Å²) in [5.74, 6) is 0.595. The number of carbonyl (C=O) groups excluding carboxylic acids is 1. The first-order valence-corrected chi connectivity index (χ1v) is 9.74. The normalized spacial score (nSPS) is 14.8. The van der Waals surface area contributed by atoms with Crippen molar-refractivity contribution in [3.05, 3.63) is 65.2 Å². The first-order chi connectivity index (χ1) is 12.1. The van der Waals surface area contributed by atoms with Crippen LogP contribution in [0, 0.1) is 13.8 Å². The number of aliphatic imine (C=N–C) groups is 1.